The van der Waals surface area contributed by atoms with E-state index in [9.17, 15) is 4.79 Å². The first-order chi connectivity index (χ1) is 11.3. The lowest BCUT2D eigenvalue weighted by Crippen LogP contribution is -2.49. The van der Waals surface area contributed by atoms with E-state index in [2.05, 4.69) is 48.7 Å². The number of hydrogen-bond acceptors (Lipinski definition) is 4. The van der Waals surface area contributed by atoms with Gasteiger partial charge in [0.05, 0.1) is 11.6 Å². The molecule has 2 atom stereocenters. The van der Waals surface area contributed by atoms with E-state index in [0.717, 1.165) is 44.2 Å². The smallest absolute Gasteiger partial charge is 0.226 e. The fourth-order valence-electron chi connectivity index (χ4n) is 3.86. The Labute approximate surface area is 144 Å². The Balaban J connectivity index is 1.53. The molecule has 132 valence electrons. The summed E-state index contributed by atoms with van der Waals surface area (Å²) in [5, 5.41) is 4.06. The molecule has 5 heteroatoms. The molecule has 1 aromatic rings. The highest BCUT2D eigenvalue weighted by Gasteiger charge is 2.61. The van der Waals surface area contributed by atoms with E-state index in [1.807, 2.05) is 13.0 Å². The number of rotatable bonds is 4. The fourth-order valence-corrected chi connectivity index (χ4v) is 3.86. The third-order valence-corrected chi connectivity index (χ3v) is 5.44. The van der Waals surface area contributed by atoms with Crippen molar-refractivity contribution in [1.29, 1.82) is 0 Å². The normalized spacial score (nSPS) is 26.3. The first-order valence-corrected chi connectivity index (χ1v) is 8.87. The molecule has 0 unspecified atom stereocenters. The molecule has 0 radical (unpaired) electrons. The first kappa shape index (κ1) is 17.2. The molecule has 2 heterocycles. The second kappa shape index (κ2) is 6.36. The monoisotopic (exact) mass is 331 g/mol. The van der Waals surface area contributed by atoms with Crippen LogP contribution >= 0.6 is 0 Å². The Hall–Kier alpha value is -1.62. The van der Waals surface area contributed by atoms with Gasteiger partial charge < -0.3 is 9.42 Å². The summed E-state index contributed by atoms with van der Waals surface area (Å²) in [6.45, 7) is 14.8. The van der Waals surface area contributed by atoms with Gasteiger partial charge in [-0.3, -0.25) is 9.69 Å². The van der Waals surface area contributed by atoms with Crippen LogP contribution in [0.4, 0.5) is 0 Å². The van der Waals surface area contributed by atoms with E-state index in [4.69, 9.17) is 4.52 Å². The largest absolute Gasteiger partial charge is 0.361 e. The van der Waals surface area contributed by atoms with Gasteiger partial charge in [-0.2, -0.15) is 0 Å². The van der Waals surface area contributed by atoms with E-state index in [-0.39, 0.29) is 11.3 Å². The Morgan fingerprint density at radius 2 is 2.00 bits per heavy atom. The van der Waals surface area contributed by atoms with Crippen LogP contribution in [0.1, 0.15) is 39.1 Å². The third kappa shape index (κ3) is 3.41. The lowest BCUT2D eigenvalue weighted by molar-refractivity contribution is -0.135. The summed E-state index contributed by atoms with van der Waals surface area (Å²) in [4.78, 5) is 17.3. The summed E-state index contributed by atoms with van der Waals surface area (Å²) in [5.74, 6) is 1.72. The van der Waals surface area contributed by atoms with Gasteiger partial charge in [-0.15, -0.1) is 0 Å². The zero-order valence-electron chi connectivity index (χ0n) is 15.5. The predicted octanol–water partition coefficient (Wildman–Crippen LogP) is 2.87. The van der Waals surface area contributed by atoms with Gasteiger partial charge in [0.15, 0.2) is 0 Å². The van der Waals surface area contributed by atoms with Crippen molar-refractivity contribution in [2.45, 2.75) is 41.2 Å². The highest BCUT2D eigenvalue weighted by molar-refractivity contribution is 5.84. The Morgan fingerprint density at radius 1 is 1.33 bits per heavy atom. The second-order valence-electron chi connectivity index (χ2n) is 8.10. The Bertz CT molecular complexity index is 635. The average Bonchev–Trinajstić information content (AvgIpc) is 2.82. The summed E-state index contributed by atoms with van der Waals surface area (Å²) in [6.07, 6.45) is 2.27. The minimum absolute atomic E-state index is 0.101. The van der Waals surface area contributed by atoms with Crippen LogP contribution in [-0.4, -0.2) is 47.0 Å². The van der Waals surface area contributed by atoms with Crippen molar-refractivity contribution >= 4 is 5.91 Å². The van der Waals surface area contributed by atoms with Gasteiger partial charge >= 0.3 is 0 Å². The lowest BCUT2D eigenvalue weighted by atomic mass is 10.1. The summed E-state index contributed by atoms with van der Waals surface area (Å²) in [5.41, 5.74) is 2.37. The summed E-state index contributed by atoms with van der Waals surface area (Å²) < 4.78 is 5.12. The Kier molecular flexibility index (Phi) is 4.56. The van der Waals surface area contributed by atoms with Crippen LogP contribution in [0.5, 0.6) is 0 Å². The quantitative estimate of drug-likeness (QED) is 0.796. The molecule has 0 spiro atoms. The average molecular weight is 331 g/mol. The van der Waals surface area contributed by atoms with Gasteiger partial charge in [-0.1, -0.05) is 30.7 Å². The molecule has 0 N–H and O–H groups in total. The standard InChI is InChI=1S/C19H29N3O2/c1-13(2)10-16-17(19(16,4)5)18(23)22-8-6-21(7-9-22)12-15-11-14(3)24-20-15/h10-11,16-17H,6-9,12H2,1-5H3/t16-,17-/m0/s1. The van der Waals surface area contributed by atoms with Crippen molar-refractivity contribution in [2.24, 2.45) is 17.3 Å². The molecule has 3 rings (SSSR count). The van der Waals surface area contributed by atoms with Gasteiger partial charge in [0, 0.05) is 38.8 Å². The number of allylic oxidation sites excluding steroid dienone is 2. The highest BCUT2D eigenvalue weighted by atomic mass is 16.5. The maximum absolute atomic E-state index is 12.9. The maximum atomic E-state index is 12.9. The maximum Gasteiger partial charge on any atom is 0.226 e. The van der Waals surface area contributed by atoms with Crippen LogP contribution < -0.4 is 0 Å². The van der Waals surface area contributed by atoms with Crippen LogP contribution in [0.2, 0.25) is 0 Å². The summed E-state index contributed by atoms with van der Waals surface area (Å²) in [7, 11) is 0. The molecular formula is C19H29N3O2. The zero-order chi connectivity index (χ0) is 17.5. The van der Waals surface area contributed by atoms with Crippen molar-refractivity contribution in [2.75, 3.05) is 26.2 Å². The Morgan fingerprint density at radius 3 is 2.54 bits per heavy atom. The second-order valence-corrected chi connectivity index (χ2v) is 8.10. The van der Waals surface area contributed by atoms with Crippen molar-refractivity contribution in [3.8, 4) is 0 Å². The summed E-state index contributed by atoms with van der Waals surface area (Å²) >= 11 is 0. The fraction of sp³-hybridized carbons (Fsp3) is 0.684. The molecule has 1 saturated heterocycles. The lowest BCUT2D eigenvalue weighted by Gasteiger charge is -2.34. The van der Waals surface area contributed by atoms with E-state index in [1.165, 1.54) is 5.57 Å². The molecule has 24 heavy (non-hydrogen) atoms. The highest BCUT2D eigenvalue weighted by Crippen LogP contribution is 2.60. The van der Waals surface area contributed by atoms with Crippen molar-refractivity contribution in [3.05, 3.63) is 29.2 Å². The number of piperazine rings is 1. The van der Waals surface area contributed by atoms with E-state index >= 15 is 0 Å². The van der Waals surface area contributed by atoms with E-state index in [0.29, 0.717) is 11.8 Å². The third-order valence-electron chi connectivity index (χ3n) is 5.44. The van der Waals surface area contributed by atoms with E-state index in [1.54, 1.807) is 0 Å². The minimum Gasteiger partial charge on any atom is -0.361 e. The van der Waals surface area contributed by atoms with E-state index < -0.39 is 0 Å². The molecule has 0 bridgehead atoms. The van der Waals surface area contributed by atoms with Crippen LogP contribution in [0.25, 0.3) is 0 Å². The van der Waals surface area contributed by atoms with Crippen LogP contribution in [0, 0.1) is 24.2 Å². The SMILES string of the molecule is CC(C)=C[C@H]1[C@@H](C(=O)N2CCN(Cc3cc(C)on3)CC2)C1(C)C. The topological polar surface area (TPSA) is 49.6 Å². The van der Waals surface area contributed by atoms with Gasteiger partial charge in [-0.05, 0) is 32.1 Å². The number of carbonyl (C=O) groups excluding carboxylic acids is 1. The number of nitrogens with zero attached hydrogens (tertiary/aromatic N) is 3. The number of aromatic nitrogens is 1. The molecule has 1 aliphatic heterocycles. The molecule has 1 aliphatic carbocycles. The number of aryl methyl sites for hydroxylation is 1. The van der Waals surface area contributed by atoms with Crippen LogP contribution in [-0.2, 0) is 11.3 Å². The molecule has 1 aromatic heterocycles. The molecule has 2 aliphatic rings. The van der Waals surface area contributed by atoms with Gasteiger partial charge in [0.25, 0.3) is 0 Å². The summed E-state index contributed by atoms with van der Waals surface area (Å²) in [6, 6.07) is 1.98. The van der Waals surface area contributed by atoms with Crippen molar-refractivity contribution < 1.29 is 9.32 Å². The predicted molar refractivity (Wildman–Crippen MR) is 93.3 cm³/mol. The first-order valence-electron chi connectivity index (χ1n) is 8.87. The number of carbonyl (C=O) groups is 1. The molecule has 5 nitrogen and oxygen atoms in total. The van der Waals surface area contributed by atoms with Gasteiger partial charge in [0.1, 0.15) is 5.76 Å². The number of hydrogen-bond donors (Lipinski definition) is 0. The van der Waals surface area contributed by atoms with Crippen molar-refractivity contribution in [1.82, 2.24) is 15.0 Å². The molecule has 1 amide bonds. The van der Waals surface area contributed by atoms with Gasteiger partial charge in [-0.25, -0.2) is 0 Å². The van der Waals surface area contributed by atoms with Crippen LogP contribution in [0.15, 0.2) is 22.2 Å². The molecular weight excluding hydrogens is 302 g/mol. The van der Waals surface area contributed by atoms with Crippen LogP contribution in [0.3, 0.4) is 0 Å². The van der Waals surface area contributed by atoms with Crippen molar-refractivity contribution in [3.63, 3.8) is 0 Å². The minimum atomic E-state index is 0.101. The zero-order valence-corrected chi connectivity index (χ0v) is 15.5. The molecule has 0 aromatic carbocycles. The van der Waals surface area contributed by atoms with Gasteiger partial charge in [0.2, 0.25) is 5.91 Å². The number of amides is 1. The molecule has 1 saturated carbocycles. The molecule has 2 fully saturated rings.